The van der Waals surface area contributed by atoms with Gasteiger partial charge in [-0.15, -0.1) is 0 Å². The molecule has 0 amide bonds. The van der Waals surface area contributed by atoms with Gasteiger partial charge in [-0.1, -0.05) is 52.8 Å². The van der Waals surface area contributed by atoms with Crippen LogP contribution >= 0.6 is 0 Å². The van der Waals surface area contributed by atoms with Crippen LogP contribution in [0, 0.1) is 10.8 Å². The summed E-state index contributed by atoms with van der Waals surface area (Å²) in [6, 6.07) is 10.4. The first-order valence-corrected chi connectivity index (χ1v) is 12.3. The first-order chi connectivity index (χ1) is 13.6. The Morgan fingerprint density at radius 1 is 0.833 bits per heavy atom. The van der Waals surface area contributed by atoms with E-state index in [0.29, 0.717) is 17.5 Å². The molecule has 2 aliphatic rings. The molecule has 3 rings (SSSR count). The van der Waals surface area contributed by atoms with Crippen LogP contribution < -0.4 is 4.90 Å². The molecule has 1 aromatic carbocycles. The van der Waals surface area contributed by atoms with Gasteiger partial charge in [0.05, 0.1) is 0 Å². The molecule has 2 heterocycles. The maximum Gasteiger partial charge on any atom is 0.0406 e. The van der Waals surface area contributed by atoms with Crippen molar-refractivity contribution in [3.05, 3.63) is 29.8 Å². The van der Waals surface area contributed by atoms with Crippen LogP contribution in [0.3, 0.4) is 0 Å². The van der Waals surface area contributed by atoms with Gasteiger partial charge < -0.3 is 4.90 Å². The van der Waals surface area contributed by atoms with Crippen LogP contribution in [0.25, 0.3) is 0 Å². The highest BCUT2D eigenvalue weighted by atomic mass is 15.3. The summed E-state index contributed by atoms with van der Waals surface area (Å²) in [7, 11) is 0. The zero-order chi connectivity index (χ0) is 22.5. The Labute approximate surface area is 187 Å². The maximum absolute atomic E-state index is 2.79. The van der Waals surface area contributed by atoms with Crippen molar-refractivity contribution in [1.29, 1.82) is 0 Å². The SMILES string of the molecule is CC(C)(C)C1Cc2ccccc2N1C(C)(C)CCC(C)(C)C1CCCN1C(C)(C)C. The third-order valence-electron chi connectivity index (χ3n) is 8.03. The molecule has 1 aromatic rings. The topological polar surface area (TPSA) is 6.48 Å². The minimum atomic E-state index is 0.146. The molecule has 0 aliphatic carbocycles. The fourth-order valence-electron chi connectivity index (χ4n) is 6.12. The van der Waals surface area contributed by atoms with E-state index < -0.39 is 0 Å². The van der Waals surface area contributed by atoms with Crippen LogP contribution in [0.2, 0.25) is 0 Å². The Balaban J connectivity index is 1.81. The number of rotatable bonds is 5. The quantitative estimate of drug-likeness (QED) is 0.500. The highest BCUT2D eigenvalue weighted by molar-refractivity contribution is 5.61. The van der Waals surface area contributed by atoms with E-state index in [2.05, 4.69) is 103 Å². The maximum atomic E-state index is 2.79. The largest absolute Gasteiger partial charge is 0.362 e. The molecule has 0 radical (unpaired) electrons. The van der Waals surface area contributed by atoms with E-state index in [4.69, 9.17) is 0 Å². The fourth-order valence-corrected chi connectivity index (χ4v) is 6.12. The number of nitrogens with zero attached hydrogens (tertiary/aromatic N) is 2. The first kappa shape index (κ1) is 23.6. The van der Waals surface area contributed by atoms with E-state index in [0.717, 1.165) is 0 Å². The van der Waals surface area contributed by atoms with Crippen LogP contribution in [-0.2, 0) is 6.42 Å². The molecule has 30 heavy (non-hydrogen) atoms. The number of fused-ring (bicyclic) bond motifs is 1. The second kappa shape index (κ2) is 7.84. The van der Waals surface area contributed by atoms with E-state index in [-0.39, 0.29) is 16.5 Å². The minimum absolute atomic E-state index is 0.146. The Kier molecular flexibility index (Phi) is 6.18. The van der Waals surface area contributed by atoms with Crippen LogP contribution in [0.1, 0.15) is 100 Å². The molecular formula is C28H48N2. The van der Waals surface area contributed by atoms with Crippen LogP contribution in [0.5, 0.6) is 0 Å². The molecule has 1 saturated heterocycles. The summed E-state index contributed by atoms with van der Waals surface area (Å²) in [6.07, 6.45) is 6.37. The normalized spacial score (nSPS) is 23.9. The lowest BCUT2D eigenvalue weighted by Gasteiger charge is -2.49. The Morgan fingerprint density at radius 2 is 1.47 bits per heavy atom. The van der Waals surface area contributed by atoms with Gasteiger partial charge in [0.2, 0.25) is 0 Å². The van der Waals surface area contributed by atoms with E-state index in [1.54, 1.807) is 0 Å². The second-order valence-electron chi connectivity index (χ2n) is 13.4. The third kappa shape index (κ3) is 4.59. The lowest BCUT2D eigenvalue weighted by Crippen LogP contribution is -2.54. The summed E-state index contributed by atoms with van der Waals surface area (Å²) in [6.45, 7) is 25.7. The van der Waals surface area contributed by atoms with E-state index in [9.17, 15) is 0 Å². The van der Waals surface area contributed by atoms with Crippen molar-refractivity contribution in [1.82, 2.24) is 4.90 Å². The summed E-state index contributed by atoms with van der Waals surface area (Å²) >= 11 is 0. The first-order valence-electron chi connectivity index (χ1n) is 12.3. The molecule has 2 atom stereocenters. The highest BCUT2D eigenvalue weighted by Gasteiger charge is 2.46. The van der Waals surface area contributed by atoms with Gasteiger partial charge in [-0.3, -0.25) is 4.90 Å². The van der Waals surface area contributed by atoms with E-state index in [1.165, 1.54) is 49.9 Å². The van der Waals surface area contributed by atoms with Crippen molar-refractivity contribution in [3.8, 4) is 0 Å². The standard InChI is InChI=1S/C28H48N2/c1-25(2,3)24-20-21-14-11-12-15-22(21)30(24)28(9,10)18-17-27(7,8)23-16-13-19-29(23)26(4,5)6/h11-12,14-15,23-24H,13,16-20H2,1-10H3. The average molecular weight is 413 g/mol. The van der Waals surface area contributed by atoms with Crippen molar-refractivity contribution < 1.29 is 0 Å². The summed E-state index contributed by atoms with van der Waals surface area (Å²) in [5.41, 5.74) is 4.00. The number of para-hydroxylation sites is 1. The van der Waals surface area contributed by atoms with Crippen molar-refractivity contribution >= 4 is 5.69 Å². The van der Waals surface area contributed by atoms with Gasteiger partial charge in [-0.25, -0.2) is 0 Å². The molecule has 0 aromatic heterocycles. The van der Waals surface area contributed by atoms with Gasteiger partial charge >= 0.3 is 0 Å². The predicted octanol–water partition coefficient (Wildman–Crippen LogP) is 7.31. The van der Waals surface area contributed by atoms with Crippen LogP contribution in [0.4, 0.5) is 5.69 Å². The molecule has 2 heteroatoms. The van der Waals surface area contributed by atoms with Gasteiger partial charge in [0.15, 0.2) is 0 Å². The predicted molar refractivity (Wildman–Crippen MR) is 132 cm³/mol. The minimum Gasteiger partial charge on any atom is -0.362 e. The summed E-state index contributed by atoms with van der Waals surface area (Å²) in [5.74, 6) is 0. The van der Waals surface area contributed by atoms with Gasteiger partial charge in [0.1, 0.15) is 0 Å². The van der Waals surface area contributed by atoms with Gasteiger partial charge in [0, 0.05) is 28.8 Å². The number of anilines is 1. The third-order valence-corrected chi connectivity index (χ3v) is 8.03. The number of likely N-dealkylation sites (tertiary alicyclic amines) is 1. The highest BCUT2D eigenvalue weighted by Crippen LogP contribution is 2.47. The zero-order valence-corrected chi connectivity index (χ0v) is 21.6. The van der Waals surface area contributed by atoms with E-state index in [1.807, 2.05) is 0 Å². The molecule has 0 spiro atoms. The van der Waals surface area contributed by atoms with Gasteiger partial charge in [-0.05, 0) is 95.7 Å². The smallest absolute Gasteiger partial charge is 0.0406 e. The van der Waals surface area contributed by atoms with E-state index >= 15 is 0 Å². The molecule has 1 fully saturated rings. The molecule has 2 unspecified atom stereocenters. The molecule has 0 N–H and O–H groups in total. The summed E-state index contributed by atoms with van der Waals surface area (Å²) in [4.78, 5) is 5.57. The zero-order valence-electron chi connectivity index (χ0n) is 21.6. The Hall–Kier alpha value is -1.02. The van der Waals surface area contributed by atoms with Crippen molar-refractivity contribution in [2.75, 3.05) is 11.4 Å². The lowest BCUT2D eigenvalue weighted by molar-refractivity contribution is 0.0407. The van der Waals surface area contributed by atoms with Gasteiger partial charge in [0.25, 0.3) is 0 Å². The monoisotopic (exact) mass is 412 g/mol. The fraction of sp³-hybridized carbons (Fsp3) is 0.786. The number of hydrogen-bond acceptors (Lipinski definition) is 2. The molecule has 2 nitrogen and oxygen atoms in total. The summed E-state index contributed by atoms with van der Waals surface area (Å²) < 4.78 is 0. The number of hydrogen-bond donors (Lipinski definition) is 0. The number of benzene rings is 1. The van der Waals surface area contributed by atoms with Crippen molar-refractivity contribution in [2.24, 2.45) is 10.8 Å². The van der Waals surface area contributed by atoms with Crippen LogP contribution in [0.15, 0.2) is 24.3 Å². The summed E-state index contributed by atoms with van der Waals surface area (Å²) in [5, 5.41) is 0. The molecule has 0 saturated carbocycles. The van der Waals surface area contributed by atoms with Crippen molar-refractivity contribution in [3.63, 3.8) is 0 Å². The molecule has 0 bridgehead atoms. The Morgan fingerprint density at radius 3 is 2.07 bits per heavy atom. The lowest BCUT2D eigenvalue weighted by atomic mass is 9.74. The Bertz CT molecular complexity index is 732. The molecular weight excluding hydrogens is 364 g/mol. The molecule has 170 valence electrons. The van der Waals surface area contributed by atoms with Gasteiger partial charge in [-0.2, -0.15) is 0 Å². The average Bonchev–Trinajstić information content (AvgIpc) is 3.25. The van der Waals surface area contributed by atoms with Crippen molar-refractivity contribution in [2.45, 2.75) is 125 Å². The molecule has 2 aliphatic heterocycles. The van der Waals surface area contributed by atoms with Crippen LogP contribution in [-0.4, -0.2) is 34.6 Å². The second-order valence-corrected chi connectivity index (χ2v) is 13.4.